The first-order valence-electron chi connectivity index (χ1n) is 7.64. The number of carbonyl (C=O) groups is 2. The molecule has 3 rings (SSSR count). The molecule has 1 aliphatic rings. The van der Waals surface area contributed by atoms with Crippen LogP contribution in [0.1, 0.15) is 45.8 Å². The van der Waals surface area contributed by atoms with Crippen molar-refractivity contribution in [3.63, 3.8) is 0 Å². The SMILES string of the molecule is C[C@H]1C[C@@H](c2ccc(F)cc2)CN1C(=O)c1nccnc1C(N)=O. The molecule has 2 aromatic rings. The molecule has 0 unspecified atom stereocenters. The highest BCUT2D eigenvalue weighted by molar-refractivity contribution is 6.04. The van der Waals surface area contributed by atoms with Crippen molar-refractivity contribution < 1.29 is 14.0 Å². The molecule has 2 heterocycles. The first kappa shape index (κ1) is 16.0. The van der Waals surface area contributed by atoms with Crippen molar-refractivity contribution in [2.24, 2.45) is 5.73 Å². The Morgan fingerprint density at radius 1 is 1.17 bits per heavy atom. The second kappa shape index (κ2) is 6.35. The van der Waals surface area contributed by atoms with Crippen molar-refractivity contribution in [3.05, 3.63) is 59.4 Å². The highest BCUT2D eigenvalue weighted by Gasteiger charge is 2.35. The molecule has 1 saturated heterocycles. The van der Waals surface area contributed by atoms with E-state index in [1.807, 2.05) is 6.92 Å². The summed E-state index contributed by atoms with van der Waals surface area (Å²) >= 11 is 0. The number of hydrogen-bond donors (Lipinski definition) is 1. The first-order chi connectivity index (χ1) is 11.5. The maximum Gasteiger partial charge on any atom is 0.275 e. The lowest BCUT2D eigenvalue weighted by Gasteiger charge is -2.21. The van der Waals surface area contributed by atoms with Crippen LogP contribution in [0.25, 0.3) is 0 Å². The van der Waals surface area contributed by atoms with Crippen molar-refractivity contribution in [1.82, 2.24) is 14.9 Å². The van der Waals surface area contributed by atoms with Crippen LogP contribution in [0.15, 0.2) is 36.7 Å². The lowest BCUT2D eigenvalue weighted by molar-refractivity contribution is 0.0733. The average molecular weight is 328 g/mol. The van der Waals surface area contributed by atoms with Crippen molar-refractivity contribution in [2.75, 3.05) is 6.54 Å². The third-order valence-corrected chi connectivity index (χ3v) is 4.31. The topological polar surface area (TPSA) is 89.2 Å². The van der Waals surface area contributed by atoms with Gasteiger partial charge in [-0.1, -0.05) is 12.1 Å². The molecule has 0 aliphatic carbocycles. The fourth-order valence-corrected chi connectivity index (χ4v) is 3.10. The van der Waals surface area contributed by atoms with Gasteiger partial charge in [-0.2, -0.15) is 0 Å². The van der Waals surface area contributed by atoms with Gasteiger partial charge in [0.1, 0.15) is 5.82 Å². The van der Waals surface area contributed by atoms with Crippen molar-refractivity contribution in [3.8, 4) is 0 Å². The van der Waals surface area contributed by atoms with E-state index in [4.69, 9.17) is 5.73 Å². The number of benzene rings is 1. The molecule has 6 nitrogen and oxygen atoms in total. The quantitative estimate of drug-likeness (QED) is 0.929. The number of primary amides is 1. The van der Waals surface area contributed by atoms with Gasteiger partial charge in [-0.25, -0.2) is 14.4 Å². The molecular formula is C17H17FN4O2. The summed E-state index contributed by atoms with van der Waals surface area (Å²) in [5.74, 6) is -1.33. The normalized spacial score (nSPS) is 20.2. The fourth-order valence-electron chi connectivity index (χ4n) is 3.10. The molecule has 1 fully saturated rings. The van der Waals surface area contributed by atoms with Crippen molar-refractivity contribution >= 4 is 11.8 Å². The molecule has 0 radical (unpaired) electrons. The van der Waals surface area contributed by atoms with Crippen LogP contribution < -0.4 is 5.73 Å². The van der Waals surface area contributed by atoms with Crippen LogP contribution in [-0.4, -0.2) is 39.3 Å². The summed E-state index contributed by atoms with van der Waals surface area (Å²) in [6, 6.07) is 6.27. The van der Waals surface area contributed by atoms with Crippen LogP contribution in [0.5, 0.6) is 0 Å². The zero-order valence-electron chi connectivity index (χ0n) is 13.1. The van der Waals surface area contributed by atoms with E-state index in [0.29, 0.717) is 6.54 Å². The number of carbonyl (C=O) groups excluding carboxylic acids is 2. The summed E-state index contributed by atoms with van der Waals surface area (Å²) in [5, 5.41) is 0. The Balaban J connectivity index is 1.84. The zero-order valence-corrected chi connectivity index (χ0v) is 13.1. The number of rotatable bonds is 3. The number of nitrogens with zero attached hydrogens (tertiary/aromatic N) is 3. The number of amides is 2. The van der Waals surface area contributed by atoms with Gasteiger partial charge in [0, 0.05) is 30.9 Å². The average Bonchev–Trinajstić information content (AvgIpc) is 2.96. The summed E-state index contributed by atoms with van der Waals surface area (Å²) in [5.41, 5.74) is 6.09. The van der Waals surface area contributed by atoms with E-state index < -0.39 is 5.91 Å². The Bertz CT molecular complexity index is 778. The minimum atomic E-state index is -0.784. The van der Waals surface area contributed by atoms with Gasteiger partial charge in [0.05, 0.1) is 0 Å². The second-order valence-corrected chi connectivity index (χ2v) is 5.91. The molecule has 24 heavy (non-hydrogen) atoms. The highest BCUT2D eigenvalue weighted by atomic mass is 19.1. The zero-order chi connectivity index (χ0) is 17.3. The van der Waals surface area contributed by atoms with Crippen LogP contribution >= 0.6 is 0 Å². The third kappa shape index (κ3) is 2.97. The van der Waals surface area contributed by atoms with Gasteiger partial charge in [-0.3, -0.25) is 9.59 Å². The molecule has 7 heteroatoms. The van der Waals surface area contributed by atoms with E-state index in [2.05, 4.69) is 9.97 Å². The molecule has 1 aliphatic heterocycles. The monoisotopic (exact) mass is 328 g/mol. The third-order valence-electron chi connectivity index (χ3n) is 4.31. The molecular weight excluding hydrogens is 311 g/mol. The molecule has 2 N–H and O–H groups in total. The number of nitrogens with two attached hydrogens (primary N) is 1. The largest absolute Gasteiger partial charge is 0.364 e. The van der Waals surface area contributed by atoms with E-state index in [9.17, 15) is 14.0 Å². The van der Waals surface area contributed by atoms with E-state index in [1.54, 1.807) is 17.0 Å². The first-order valence-corrected chi connectivity index (χ1v) is 7.64. The predicted octanol–water partition coefficient (Wildman–Crippen LogP) is 1.73. The molecule has 1 aromatic heterocycles. The molecule has 124 valence electrons. The lowest BCUT2D eigenvalue weighted by Crippen LogP contribution is -2.36. The summed E-state index contributed by atoms with van der Waals surface area (Å²) < 4.78 is 13.1. The lowest BCUT2D eigenvalue weighted by atomic mass is 9.97. The number of hydrogen-bond acceptors (Lipinski definition) is 4. The fraction of sp³-hybridized carbons (Fsp3) is 0.294. The Morgan fingerprint density at radius 2 is 1.79 bits per heavy atom. The Morgan fingerprint density at radius 3 is 2.42 bits per heavy atom. The van der Waals surface area contributed by atoms with E-state index in [1.165, 1.54) is 24.5 Å². The molecule has 2 atom stereocenters. The minimum absolute atomic E-state index is 0.0309. The number of likely N-dealkylation sites (tertiary alicyclic amines) is 1. The Hall–Kier alpha value is -2.83. The Labute approximate surface area is 138 Å². The maximum absolute atomic E-state index is 13.1. The summed E-state index contributed by atoms with van der Waals surface area (Å²) in [6.45, 7) is 2.40. The van der Waals surface area contributed by atoms with Gasteiger partial charge in [0.15, 0.2) is 11.4 Å². The molecule has 1 aromatic carbocycles. The standard InChI is InChI=1S/C17H17FN4O2/c1-10-8-12(11-2-4-13(18)5-3-11)9-22(10)17(24)15-14(16(19)23)20-6-7-21-15/h2-7,10,12H,8-9H2,1H3,(H2,19,23)/t10-,12+/m0/s1. The van der Waals surface area contributed by atoms with Crippen molar-refractivity contribution in [1.29, 1.82) is 0 Å². The maximum atomic E-state index is 13.1. The summed E-state index contributed by atoms with van der Waals surface area (Å²) in [4.78, 5) is 33.7. The number of halogens is 1. The number of aromatic nitrogens is 2. The van der Waals surface area contributed by atoms with Gasteiger partial charge >= 0.3 is 0 Å². The van der Waals surface area contributed by atoms with E-state index in [0.717, 1.165) is 12.0 Å². The van der Waals surface area contributed by atoms with Gasteiger partial charge in [-0.05, 0) is 31.0 Å². The van der Waals surface area contributed by atoms with Crippen LogP contribution in [0.2, 0.25) is 0 Å². The summed E-state index contributed by atoms with van der Waals surface area (Å²) in [6.07, 6.45) is 3.44. The smallest absolute Gasteiger partial charge is 0.275 e. The van der Waals surface area contributed by atoms with Crippen molar-refractivity contribution in [2.45, 2.75) is 25.3 Å². The minimum Gasteiger partial charge on any atom is -0.364 e. The predicted molar refractivity (Wildman–Crippen MR) is 84.8 cm³/mol. The molecule has 2 amide bonds. The van der Waals surface area contributed by atoms with Crippen LogP contribution in [-0.2, 0) is 0 Å². The second-order valence-electron chi connectivity index (χ2n) is 5.91. The molecule has 0 spiro atoms. The molecule has 0 bridgehead atoms. The van der Waals surface area contributed by atoms with Crippen LogP contribution in [0.4, 0.5) is 4.39 Å². The summed E-state index contributed by atoms with van der Waals surface area (Å²) in [7, 11) is 0. The van der Waals surface area contributed by atoms with E-state index >= 15 is 0 Å². The van der Waals surface area contributed by atoms with Crippen LogP contribution in [0.3, 0.4) is 0 Å². The van der Waals surface area contributed by atoms with Gasteiger partial charge < -0.3 is 10.6 Å². The van der Waals surface area contributed by atoms with Gasteiger partial charge in [0.2, 0.25) is 0 Å². The van der Waals surface area contributed by atoms with Crippen LogP contribution in [0, 0.1) is 5.82 Å². The van der Waals surface area contributed by atoms with Gasteiger partial charge in [-0.15, -0.1) is 0 Å². The molecule has 0 saturated carbocycles. The highest BCUT2D eigenvalue weighted by Crippen LogP contribution is 2.32. The Kier molecular flexibility index (Phi) is 4.24. The van der Waals surface area contributed by atoms with E-state index in [-0.39, 0.29) is 35.1 Å². The van der Waals surface area contributed by atoms with Gasteiger partial charge in [0.25, 0.3) is 11.8 Å².